The Hall–Kier alpha value is -2.68. The normalized spacial score (nSPS) is 14.2. The minimum atomic E-state index is -0.225. The van der Waals surface area contributed by atoms with Crippen molar-refractivity contribution in [3.05, 3.63) is 70.0 Å². The van der Waals surface area contributed by atoms with Gasteiger partial charge in [-0.05, 0) is 60.7 Å². The van der Waals surface area contributed by atoms with Crippen LogP contribution in [0.4, 0.5) is 0 Å². The number of aryl methyl sites for hydroxylation is 3. The van der Waals surface area contributed by atoms with Crippen molar-refractivity contribution < 1.29 is 14.3 Å². The third-order valence-corrected chi connectivity index (χ3v) is 4.81. The lowest BCUT2D eigenvalue weighted by Crippen LogP contribution is -2.23. The fourth-order valence-electron chi connectivity index (χ4n) is 3.52. The van der Waals surface area contributed by atoms with Crippen LogP contribution in [-0.4, -0.2) is 18.7 Å². The molecule has 2 aromatic carbocycles. The fraction of sp³-hybridized carbons (Fsp3) is 0.238. The Balaban J connectivity index is 2.43. The molecule has 0 saturated heterocycles. The lowest BCUT2D eigenvalue weighted by atomic mass is 9.81. The quantitative estimate of drug-likeness (QED) is 0.775. The Morgan fingerprint density at radius 3 is 2.42 bits per heavy atom. The van der Waals surface area contributed by atoms with Crippen molar-refractivity contribution in [1.82, 2.24) is 0 Å². The third-order valence-electron chi connectivity index (χ3n) is 4.81. The second-order valence-corrected chi connectivity index (χ2v) is 6.21. The standard InChI is InChI=1S/C21H20O3/c1-6-7-15-19(22)16-10-12(3)17-13(4)11(2)8-9-14(17)18(16)20(23)21(15)24-5/h6,8-10H,1,7H2,2-5H3. The zero-order valence-corrected chi connectivity index (χ0v) is 14.4. The zero-order chi connectivity index (χ0) is 17.6. The molecule has 3 nitrogen and oxygen atoms in total. The summed E-state index contributed by atoms with van der Waals surface area (Å²) in [7, 11) is 1.43. The molecule has 1 aliphatic rings. The van der Waals surface area contributed by atoms with Gasteiger partial charge in [0.2, 0.25) is 5.78 Å². The molecule has 2 aromatic rings. The number of carbonyl (C=O) groups is 2. The van der Waals surface area contributed by atoms with Crippen molar-refractivity contribution in [3.63, 3.8) is 0 Å². The number of allylic oxidation sites excluding steroid dienone is 3. The van der Waals surface area contributed by atoms with Crippen molar-refractivity contribution in [2.24, 2.45) is 0 Å². The Kier molecular flexibility index (Phi) is 3.88. The van der Waals surface area contributed by atoms with Gasteiger partial charge in [0.25, 0.3) is 0 Å². The summed E-state index contributed by atoms with van der Waals surface area (Å²) in [6.07, 6.45) is 1.93. The van der Waals surface area contributed by atoms with Gasteiger partial charge in [0.05, 0.1) is 7.11 Å². The van der Waals surface area contributed by atoms with Crippen molar-refractivity contribution >= 4 is 22.3 Å². The molecule has 0 unspecified atom stereocenters. The fourth-order valence-corrected chi connectivity index (χ4v) is 3.52. The van der Waals surface area contributed by atoms with Crippen molar-refractivity contribution in [2.45, 2.75) is 27.2 Å². The summed E-state index contributed by atoms with van der Waals surface area (Å²) < 4.78 is 5.29. The van der Waals surface area contributed by atoms with Gasteiger partial charge in [0.15, 0.2) is 11.5 Å². The largest absolute Gasteiger partial charge is 0.492 e. The molecule has 0 amide bonds. The molecule has 122 valence electrons. The van der Waals surface area contributed by atoms with Crippen LogP contribution in [0.5, 0.6) is 0 Å². The number of ketones is 2. The van der Waals surface area contributed by atoms with E-state index in [0.717, 1.165) is 27.5 Å². The highest BCUT2D eigenvalue weighted by Crippen LogP contribution is 2.37. The maximum Gasteiger partial charge on any atom is 0.229 e. The smallest absolute Gasteiger partial charge is 0.229 e. The molecule has 3 rings (SSSR count). The monoisotopic (exact) mass is 320 g/mol. The molecular weight excluding hydrogens is 300 g/mol. The Bertz CT molecular complexity index is 945. The van der Waals surface area contributed by atoms with Gasteiger partial charge in [-0.2, -0.15) is 0 Å². The number of carbonyl (C=O) groups excluding carboxylic acids is 2. The predicted molar refractivity (Wildman–Crippen MR) is 95.7 cm³/mol. The minimum Gasteiger partial charge on any atom is -0.492 e. The van der Waals surface area contributed by atoms with Gasteiger partial charge in [-0.15, -0.1) is 6.58 Å². The first-order valence-electron chi connectivity index (χ1n) is 7.93. The highest BCUT2D eigenvalue weighted by molar-refractivity contribution is 6.30. The molecule has 3 heteroatoms. The topological polar surface area (TPSA) is 43.4 Å². The van der Waals surface area contributed by atoms with Crippen LogP contribution in [0, 0.1) is 20.8 Å². The van der Waals surface area contributed by atoms with Crippen LogP contribution in [0.1, 0.15) is 43.8 Å². The molecule has 0 aliphatic heterocycles. The lowest BCUT2D eigenvalue weighted by Gasteiger charge is -2.23. The Morgan fingerprint density at radius 1 is 1.08 bits per heavy atom. The van der Waals surface area contributed by atoms with E-state index in [-0.39, 0.29) is 17.3 Å². The molecule has 0 bridgehead atoms. The summed E-state index contributed by atoms with van der Waals surface area (Å²) in [4.78, 5) is 26.0. The first-order chi connectivity index (χ1) is 11.4. The highest BCUT2D eigenvalue weighted by Gasteiger charge is 2.34. The summed E-state index contributed by atoms with van der Waals surface area (Å²) in [5.41, 5.74) is 4.60. The van der Waals surface area contributed by atoms with Crippen LogP contribution < -0.4 is 0 Å². The van der Waals surface area contributed by atoms with Crippen molar-refractivity contribution in [3.8, 4) is 0 Å². The molecule has 0 N–H and O–H groups in total. The number of rotatable bonds is 3. The Morgan fingerprint density at radius 2 is 1.79 bits per heavy atom. The van der Waals surface area contributed by atoms with Crippen LogP contribution in [0.15, 0.2) is 42.2 Å². The summed E-state index contributed by atoms with van der Waals surface area (Å²) in [5, 5.41) is 1.86. The number of Topliss-reactive ketones (excluding diaryl/α,β-unsaturated/α-hetero) is 2. The second-order valence-electron chi connectivity index (χ2n) is 6.21. The molecule has 1 aliphatic carbocycles. The maximum absolute atomic E-state index is 13.0. The molecule has 24 heavy (non-hydrogen) atoms. The molecule has 0 fully saturated rings. The van der Waals surface area contributed by atoms with E-state index in [1.165, 1.54) is 7.11 Å². The van der Waals surface area contributed by atoms with Gasteiger partial charge >= 0.3 is 0 Å². The molecule has 0 aromatic heterocycles. The third kappa shape index (κ3) is 2.12. The average Bonchev–Trinajstić information content (AvgIpc) is 2.55. The molecule has 0 atom stereocenters. The number of methoxy groups -OCH3 is 1. The highest BCUT2D eigenvalue weighted by atomic mass is 16.5. The van der Waals surface area contributed by atoms with Crippen molar-refractivity contribution in [1.29, 1.82) is 0 Å². The summed E-state index contributed by atoms with van der Waals surface area (Å²) in [6.45, 7) is 9.75. The van der Waals surface area contributed by atoms with Gasteiger partial charge in [0, 0.05) is 16.7 Å². The van der Waals surface area contributed by atoms with E-state index < -0.39 is 0 Å². The lowest BCUT2D eigenvalue weighted by molar-refractivity contribution is 0.0906. The molecule has 0 saturated carbocycles. The van der Waals surface area contributed by atoms with E-state index in [9.17, 15) is 9.59 Å². The van der Waals surface area contributed by atoms with Gasteiger partial charge in [-0.1, -0.05) is 18.2 Å². The van der Waals surface area contributed by atoms with Gasteiger partial charge in [-0.3, -0.25) is 9.59 Å². The number of fused-ring (bicyclic) bond motifs is 3. The average molecular weight is 320 g/mol. The summed E-state index contributed by atoms with van der Waals surface area (Å²) >= 11 is 0. The van der Waals surface area contributed by atoms with Gasteiger partial charge in [-0.25, -0.2) is 0 Å². The first kappa shape index (κ1) is 16.2. The SMILES string of the molecule is C=CCC1=C(OC)C(=O)c2c(cc(C)c3c(C)c(C)ccc23)C1=O. The molecule has 0 radical (unpaired) electrons. The number of hydrogen-bond donors (Lipinski definition) is 0. The summed E-state index contributed by atoms with van der Waals surface area (Å²) in [6, 6.07) is 5.75. The van der Waals surface area contributed by atoms with E-state index in [1.807, 2.05) is 39.0 Å². The Labute approximate surface area is 141 Å². The van der Waals surface area contributed by atoms with Crippen LogP contribution in [-0.2, 0) is 4.74 Å². The van der Waals surface area contributed by atoms with Gasteiger partial charge < -0.3 is 4.74 Å². The first-order valence-corrected chi connectivity index (χ1v) is 7.93. The number of benzene rings is 2. The second kappa shape index (κ2) is 5.75. The number of ether oxygens (including phenoxy) is 1. The number of hydrogen-bond acceptors (Lipinski definition) is 3. The van der Waals surface area contributed by atoms with E-state index in [1.54, 1.807) is 6.08 Å². The van der Waals surface area contributed by atoms with E-state index in [4.69, 9.17) is 4.74 Å². The van der Waals surface area contributed by atoms with E-state index >= 15 is 0 Å². The van der Waals surface area contributed by atoms with E-state index in [2.05, 4.69) is 6.58 Å². The van der Waals surface area contributed by atoms with E-state index in [0.29, 0.717) is 23.1 Å². The zero-order valence-electron chi connectivity index (χ0n) is 14.4. The predicted octanol–water partition coefficient (Wildman–Crippen LogP) is 4.62. The van der Waals surface area contributed by atoms with Crippen LogP contribution >= 0.6 is 0 Å². The van der Waals surface area contributed by atoms with Crippen LogP contribution in [0.2, 0.25) is 0 Å². The van der Waals surface area contributed by atoms with Crippen molar-refractivity contribution in [2.75, 3.05) is 7.11 Å². The summed E-state index contributed by atoms with van der Waals surface area (Å²) in [5.74, 6) is -0.238. The van der Waals surface area contributed by atoms with Gasteiger partial charge in [0.1, 0.15) is 0 Å². The molecular formula is C21H20O3. The maximum atomic E-state index is 13.0. The molecule has 0 spiro atoms. The molecule has 0 heterocycles. The van der Waals surface area contributed by atoms with Crippen LogP contribution in [0.25, 0.3) is 10.8 Å². The minimum absolute atomic E-state index is 0.135. The van der Waals surface area contributed by atoms with Crippen LogP contribution in [0.3, 0.4) is 0 Å².